The van der Waals surface area contributed by atoms with E-state index in [9.17, 15) is 0 Å². The minimum Gasteiger partial charge on any atom is -0.363 e. The van der Waals surface area contributed by atoms with Crippen LogP contribution >= 0.6 is 0 Å². The molecule has 80 valence electrons. The Bertz CT molecular complexity index is 272. The number of hydrogen-bond donors (Lipinski definition) is 0. The van der Waals surface area contributed by atoms with Gasteiger partial charge in [-0.2, -0.15) is 0 Å². The van der Waals surface area contributed by atoms with E-state index < -0.39 is 0 Å². The van der Waals surface area contributed by atoms with Gasteiger partial charge in [0.15, 0.2) is 0 Å². The Labute approximate surface area is 87.2 Å². The highest BCUT2D eigenvalue weighted by Gasteiger charge is 2.70. The third kappa shape index (κ3) is 0.997. The lowest BCUT2D eigenvalue weighted by molar-refractivity contribution is 0.146. The van der Waals surface area contributed by atoms with Crippen LogP contribution in [0.5, 0.6) is 0 Å². The molecule has 2 aliphatic carbocycles. The molecule has 1 heterocycles. The van der Waals surface area contributed by atoms with Crippen LogP contribution < -0.4 is 0 Å². The minimum absolute atomic E-state index is 0.208. The minimum atomic E-state index is 0.208. The first-order valence-corrected chi connectivity index (χ1v) is 5.99. The molecule has 2 bridgehead atoms. The maximum atomic E-state index is 6.04. The van der Waals surface area contributed by atoms with Crippen molar-refractivity contribution < 1.29 is 4.74 Å². The third-order valence-electron chi connectivity index (χ3n) is 5.24. The first kappa shape index (κ1) is 9.21. The zero-order chi connectivity index (χ0) is 10.2. The van der Waals surface area contributed by atoms with Crippen molar-refractivity contribution in [3.63, 3.8) is 0 Å². The molecule has 0 amide bonds. The summed E-state index contributed by atoms with van der Waals surface area (Å²) in [6.07, 6.45) is 6.82. The van der Waals surface area contributed by atoms with E-state index in [2.05, 4.69) is 27.7 Å². The molecule has 0 spiro atoms. The van der Waals surface area contributed by atoms with Crippen molar-refractivity contribution in [1.82, 2.24) is 0 Å². The molecule has 0 aromatic carbocycles. The van der Waals surface area contributed by atoms with Crippen molar-refractivity contribution in [3.8, 4) is 0 Å². The highest BCUT2D eigenvalue weighted by atomic mass is 16.6. The lowest BCUT2D eigenvalue weighted by Gasteiger charge is -2.27. The summed E-state index contributed by atoms with van der Waals surface area (Å²) >= 11 is 0. The molecule has 1 aliphatic heterocycles. The molecule has 3 aliphatic rings. The van der Waals surface area contributed by atoms with E-state index >= 15 is 0 Å². The van der Waals surface area contributed by atoms with Gasteiger partial charge in [-0.15, -0.1) is 0 Å². The molecule has 3 rings (SSSR count). The fourth-order valence-electron chi connectivity index (χ4n) is 4.66. The van der Waals surface area contributed by atoms with Crippen LogP contribution in [-0.2, 0) is 4.74 Å². The van der Waals surface area contributed by atoms with E-state index in [0.29, 0.717) is 10.8 Å². The Morgan fingerprint density at radius 1 is 0.714 bits per heavy atom. The van der Waals surface area contributed by atoms with E-state index in [0.717, 1.165) is 0 Å². The maximum Gasteiger partial charge on any atom is 0.0954 e. The summed E-state index contributed by atoms with van der Waals surface area (Å²) in [5, 5.41) is 0. The standard InChI is InChI=1S/C13H22O/c1-10-5-6-11(2,7-10)9-13(4)12(3,8-10)14-13/h5-9H2,1-4H3. The maximum absolute atomic E-state index is 6.04. The highest BCUT2D eigenvalue weighted by molar-refractivity contribution is 5.19. The predicted octanol–water partition coefficient (Wildman–Crippen LogP) is 3.52. The number of rotatable bonds is 0. The average molecular weight is 194 g/mol. The van der Waals surface area contributed by atoms with Gasteiger partial charge in [-0.05, 0) is 56.8 Å². The van der Waals surface area contributed by atoms with Crippen LogP contribution in [0.1, 0.15) is 59.8 Å². The molecule has 0 aromatic rings. The molecule has 1 heteroatoms. The van der Waals surface area contributed by atoms with Crippen LogP contribution in [0.3, 0.4) is 0 Å². The van der Waals surface area contributed by atoms with Gasteiger partial charge in [-0.1, -0.05) is 13.8 Å². The summed E-state index contributed by atoms with van der Waals surface area (Å²) in [4.78, 5) is 0. The van der Waals surface area contributed by atoms with Gasteiger partial charge in [0.1, 0.15) is 0 Å². The molecule has 14 heavy (non-hydrogen) atoms. The zero-order valence-electron chi connectivity index (χ0n) is 9.94. The second kappa shape index (κ2) is 2.07. The second-order valence-electron chi connectivity index (χ2n) is 7.22. The first-order valence-electron chi connectivity index (χ1n) is 5.99. The highest BCUT2D eigenvalue weighted by Crippen LogP contribution is 2.68. The van der Waals surface area contributed by atoms with Crippen LogP contribution in [0.25, 0.3) is 0 Å². The van der Waals surface area contributed by atoms with Gasteiger partial charge in [0.05, 0.1) is 11.2 Å². The normalized spacial score (nSPS) is 66.0. The van der Waals surface area contributed by atoms with Gasteiger partial charge in [0.2, 0.25) is 0 Å². The molecule has 0 aromatic heterocycles. The van der Waals surface area contributed by atoms with Crippen LogP contribution in [-0.4, -0.2) is 11.2 Å². The van der Waals surface area contributed by atoms with Crippen molar-refractivity contribution in [2.75, 3.05) is 0 Å². The summed E-state index contributed by atoms with van der Waals surface area (Å²) in [6, 6.07) is 0. The molecule has 0 radical (unpaired) electrons. The van der Waals surface area contributed by atoms with Crippen LogP contribution in [0.4, 0.5) is 0 Å². The first-order chi connectivity index (χ1) is 6.29. The summed E-state index contributed by atoms with van der Waals surface area (Å²) < 4.78 is 6.04. The topological polar surface area (TPSA) is 12.5 Å². The molecule has 1 nitrogen and oxygen atoms in total. The van der Waals surface area contributed by atoms with Crippen molar-refractivity contribution in [1.29, 1.82) is 0 Å². The smallest absolute Gasteiger partial charge is 0.0954 e. The summed E-state index contributed by atoms with van der Waals surface area (Å²) in [5.41, 5.74) is 1.55. The molecular formula is C13H22O. The van der Waals surface area contributed by atoms with Crippen LogP contribution in [0.15, 0.2) is 0 Å². The third-order valence-corrected chi connectivity index (χ3v) is 5.24. The van der Waals surface area contributed by atoms with Gasteiger partial charge < -0.3 is 4.74 Å². The monoisotopic (exact) mass is 194 g/mol. The van der Waals surface area contributed by atoms with Gasteiger partial charge >= 0.3 is 0 Å². The van der Waals surface area contributed by atoms with E-state index in [1.807, 2.05) is 0 Å². The Morgan fingerprint density at radius 3 is 1.57 bits per heavy atom. The number of ether oxygens (including phenoxy) is 1. The summed E-state index contributed by atoms with van der Waals surface area (Å²) in [7, 11) is 0. The predicted molar refractivity (Wildman–Crippen MR) is 57.2 cm³/mol. The molecule has 4 atom stereocenters. The van der Waals surface area contributed by atoms with Gasteiger partial charge in [-0.3, -0.25) is 0 Å². The summed E-state index contributed by atoms with van der Waals surface area (Å²) in [5.74, 6) is 0. The fourth-order valence-corrected chi connectivity index (χ4v) is 4.66. The molecule has 3 fully saturated rings. The Balaban J connectivity index is 1.99. The quantitative estimate of drug-likeness (QED) is 0.537. The zero-order valence-corrected chi connectivity index (χ0v) is 9.94. The van der Waals surface area contributed by atoms with Gasteiger partial charge in [0, 0.05) is 0 Å². The molecule has 2 saturated carbocycles. The van der Waals surface area contributed by atoms with Crippen LogP contribution in [0.2, 0.25) is 0 Å². The largest absolute Gasteiger partial charge is 0.363 e. The second-order valence-corrected chi connectivity index (χ2v) is 7.22. The summed E-state index contributed by atoms with van der Waals surface area (Å²) in [6.45, 7) is 9.58. The lowest BCUT2D eigenvalue weighted by Crippen LogP contribution is -2.27. The van der Waals surface area contributed by atoms with Crippen molar-refractivity contribution in [2.24, 2.45) is 10.8 Å². The Morgan fingerprint density at radius 2 is 1.14 bits per heavy atom. The Hall–Kier alpha value is -0.0400. The fraction of sp³-hybridized carbons (Fsp3) is 1.00. The van der Waals surface area contributed by atoms with Crippen LogP contribution in [0, 0.1) is 10.8 Å². The van der Waals surface area contributed by atoms with E-state index in [1.165, 1.54) is 32.1 Å². The molecule has 1 saturated heterocycles. The van der Waals surface area contributed by atoms with E-state index in [-0.39, 0.29) is 11.2 Å². The number of epoxide rings is 1. The average Bonchev–Trinajstić information content (AvgIpc) is 2.28. The van der Waals surface area contributed by atoms with Crippen molar-refractivity contribution in [3.05, 3.63) is 0 Å². The number of fused-ring (bicyclic) bond motifs is 3. The van der Waals surface area contributed by atoms with Crippen molar-refractivity contribution in [2.45, 2.75) is 71.0 Å². The molecule has 0 N–H and O–H groups in total. The lowest BCUT2D eigenvalue weighted by atomic mass is 9.77. The molecular weight excluding hydrogens is 172 g/mol. The van der Waals surface area contributed by atoms with Gasteiger partial charge in [-0.25, -0.2) is 0 Å². The van der Waals surface area contributed by atoms with Crippen molar-refractivity contribution >= 4 is 0 Å². The number of hydrogen-bond acceptors (Lipinski definition) is 1. The SMILES string of the molecule is CC12CCC(C)(C1)CC1(C)OC1(C)C2. The molecule has 4 unspecified atom stereocenters. The van der Waals surface area contributed by atoms with E-state index in [1.54, 1.807) is 0 Å². The van der Waals surface area contributed by atoms with Gasteiger partial charge in [0.25, 0.3) is 0 Å². The van der Waals surface area contributed by atoms with E-state index in [4.69, 9.17) is 4.74 Å². The Kier molecular flexibility index (Phi) is 1.36.